The molecule has 0 aromatic rings. The second kappa shape index (κ2) is 9.42. The van der Waals surface area contributed by atoms with Gasteiger partial charge < -0.3 is 15.4 Å². The van der Waals surface area contributed by atoms with E-state index in [2.05, 4.69) is 38.3 Å². The SMILES string of the molecule is CC(C)CNC(=O)C(C)NCCOCC(C)C. The Balaban J connectivity index is 3.50. The lowest BCUT2D eigenvalue weighted by Gasteiger charge is -2.15. The summed E-state index contributed by atoms with van der Waals surface area (Å²) in [6.07, 6.45) is 0. The van der Waals surface area contributed by atoms with Crippen LogP contribution in [0.15, 0.2) is 0 Å². The zero-order valence-electron chi connectivity index (χ0n) is 11.9. The third-order valence-corrected chi connectivity index (χ3v) is 2.23. The quantitative estimate of drug-likeness (QED) is 0.603. The summed E-state index contributed by atoms with van der Waals surface area (Å²) in [5.41, 5.74) is 0. The topological polar surface area (TPSA) is 50.4 Å². The minimum Gasteiger partial charge on any atom is -0.380 e. The van der Waals surface area contributed by atoms with Crippen molar-refractivity contribution >= 4 is 5.91 Å². The highest BCUT2D eigenvalue weighted by Crippen LogP contribution is 1.92. The zero-order valence-corrected chi connectivity index (χ0v) is 11.9. The van der Waals surface area contributed by atoms with Crippen LogP contribution < -0.4 is 10.6 Å². The van der Waals surface area contributed by atoms with Crippen LogP contribution in [0.4, 0.5) is 0 Å². The van der Waals surface area contributed by atoms with Gasteiger partial charge in [-0.25, -0.2) is 0 Å². The van der Waals surface area contributed by atoms with Crippen LogP contribution in [0.1, 0.15) is 34.6 Å². The third-order valence-electron chi connectivity index (χ3n) is 2.23. The molecule has 0 radical (unpaired) electrons. The predicted octanol–water partition coefficient (Wildman–Crippen LogP) is 1.41. The molecule has 1 unspecified atom stereocenters. The summed E-state index contributed by atoms with van der Waals surface area (Å²) in [7, 11) is 0. The van der Waals surface area contributed by atoms with E-state index in [1.165, 1.54) is 0 Å². The van der Waals surface area contributed by atoms with Gasteiger partial charge in [-0.3, -0.25) is 4.79 Å². The van der Waals surface area contributed by atoms with E-state index in [9.17, 15) is 4.79 Å². The summed E-state index contributed by atoms with van der Waals surface area (Å²) in [6.45, 7) is 13.1. The van der Waals surface area contributed by atoms with E-state index in [0.29, 0.717) is 25.0 Å². The van der Waals surface area contributed by atoms with E-state index in [1.807, 2.05) is 6.92 Å². The van der Waals surface area contributed by atoms with Crippen LogP contribution in [0.3, 0.4) is 0 Å². The molecule has 0 aromatic carbocycles. The van der Waals surface area contributed by atoms with Gasteiger partial charge in [-0.2, -0.15) is 0 Å². The molecule has 0 aliphatic carbocycles. The number of hydrogen-bond acceptors (Lipinski definition) is 3. The molecule has 4 nitrogen and oxygen atoms in total. The van der Waals surface area contributed by atoms with Gasteiger partial charge in [-0.05, 0) is 18.8 Å². The summed E-state index contributed by atoms with van der Waals surface area (Å²) in [5.74, 6) is 1.10. The van der Waals surface area contributed by atoms with Crippen LogP contribution in [0.2, 0.25) is 0 Å². The first-order chi connectivity index (χ1) is 7.93. The predicted molar refractivity (Wildman–Crippen MR) is 71.0 cm³/mol. The van der Waals surface area contributed by atoms with Gasteiger partial charge in [0.1, 0.15) is 0 Å². The van der Waals surface area contributed by atoms with Crippen molar-refractivity contribution in [2.45, 2.75) is 40.7 Å². The van der Waals surface area contributed by atoms with Crippen molar-refractivity contribution in [3.63, 3.8) is 0 Å². The fraction of sp³-hybridized carbons (Fsp3) is 0.923. The van der Waals surface area contributed by atoms with Gasteiger partial charge >= 0.3 is 0 Å². The Morgan fingerprint density at radius 2 is 1.76 bits per heavy atom. The van der Waals surface area contributed by atoms with E-state index in [4.69, 9.17) is 4.74 Å². The summed E-state index contributed by atoms with van der Waals surface area (Å²) >= 11 is 0. The van der Waals surface area contributed by atoms with Gasteiger partial charge in [0.15, 0.2) is 0 Å². The van der Waals surface area contributed by atoms with Crippen molar-refractivity contribution in [3.8, 4) is 0 Å². The number of amides is 1. The standard InChI is InChI=1S/C13H28N2O2/c1-10(2)8-15-13(16)12(5)14-6-7-17-9-11(3)4/h10-12,14H,6-9H2,1-5H3,(H,15,16). The molecule has 0 aromatic heterocycles. The van der Waals surface area contributed by atoms with Crippen molar-refractivity contribution in [2.75, 3.05) is 26.3 Å². The lowest BCUT2D eigenvalue weighted by molar-refractivity contribution is -0.122. The van der Waals surface area contributed by atoms with Gasteiger partial charge in [0.2, 0.25) is 5.91 Å². The highest BCUT2D eigenvalue weighted by molar-refractivity contribution is 5.81. The molecule has 0 saturated carbocycles. The lowest BCUT2D eigenvalue weighted by Crippen LogP contribution is -2.44. The first-order valence-electron chi connectivity index (χ1n) is 6.52. The van der Waals surface area contributed by atoms with Crippen LogP contribution in [0.5, 0.6) is 0 Å². The monoisotopic (exact) mass is 244 g/mol. The molecular weight excluding hydrogens is 216 g/mol. The summed E-state index contributed by atoms with van der Waals surface area (Å²) < 4.78 is 5.43. The Morgan fingerprint density at radius 1 is 1.12 bits per heavy atom. The smallest absolute Gasteiger partial charge is 0.236 e. The maximum atomic E-state index is 11.6. The maximum absolute atomic E-state index is 11.6. The fourth-order valence-corrected chi connectivity index (χ4v) is 1.22. The molecule has 0 saturated heterocycles. The second-order valence-corrected chi connectivity index (χ2v) is 5.28. The van der Waals surface area contributed by atoms with Crippen LogP contribution in [0, 0.1) is 11.8 Å². The highest BCUT2D eigenvalue weighted by atomic mass is 16.5. The zero-order chi connectivity index (χ0) is 13.3. The number of ether oxygens (including phenoxy) is 1. The first kappa shape index (κ1) is 16.4. The van der Waals surface area contributed by atoms with Crippen LogP contribution in [-0.2, 0) is 9.53 Å². The van der Waals surface area contributed by atoms with Gasteiger partial charge in [0.05, 0.1) is 12.6 Å². The minimum absolute atomic E-state index is 0.0579. The van der Waals surface area contributed by atoms with Crippen molar-refractivity contribution in [1.29, 1.82) is 0 Å². The van der Waals surface area contributed by atoms with Gasteiger partial charge in [0, 0.05) is 19.7 Å². The van der Waals surface area contributed by atoms with Crippen molar-refractivity contribution in [1.82, 2.24) is 10.6 Å². The molecule has 1 atom stereocenters. The molecule has 0 heterocycles. The molecule has 0 spiro atoms. The highest BCUT2D eigenvalue weighted by Gasteiger charge is 2.11. The third kappa shape index (κ3) is 10.3. The van der Waals surface area contributed by atoms with Crippen LogP contribution in [0.25, 0.3) is 0 Å². The molecule has 0 aliphatic rings. The Kier molecular flexibility index (Phi) is 9.09. The Hall–Kier alpha value is -0.610. The van der Waals surface area contributed by atoms with E-state index in [0.717, 1.165) is 13.2 Å². The summed E-state index contributed by atoms with van der Waals surface area (Å²) in [5, 5.41) is 6.04. The Labute approximate surface area is 105 Å². The van der Waals surface area contributed by atoms with Crippen molar-refractivity contribution in [2.24, 2.45) is 11.8 Å². The number of hydrogen-bond donors (Lipinski definition) is 2. The molecule has 0 aliphatic heterocycles. The molecule has 102 valence electrons. The van der Waals surface area contributed by atoms with Crippen LogP contribution >= 0.6 is 0 Å². The average molecular weight is 244 g/mol. The van der Waals surface area contributed by atoms with Crippen molar-refractivity contribution < 1.29 is 9.53 Å². The van der Waals surface area contributed by atoms with Gasteiger partial charge in [0.25, 0.3) is 0 Å². The Bertz CT molecular complexity index is 206. The number of carbonyl (C=O) groups excluding carboxylic acids is 1. The number of carbonyl (C=O) groups is 1. The fourth-order valence-electron chi connectivity index (χ4n) is 1.22. The summed E-state index contributed by atoms with van der Waals surface area (Å²) in [6, 6.07) is -0.156. The van der Waals surface area contributed by atoms with E-state index in [1.54, 1.807) is 0 Å². The molecule has 0 fully saturated rings. The number of rotatable bonds is 9. The molecule has 0 bridgehead atoms. The van der Waals surface area contributed by atoms with Gasteiger partial charge in [-0.1, -0.05) is 27.7 Å². The molecular formula is C13H28N2O2. The minimum atomic E-state index is -0.156. The summed E-state index contributed by atoms with van der Waals surface area (Å²) in [4.78, 5) is 11.6. The molecule has 0 rings (SSSR count). The lowest BCUT2D eigenvalue weighted by atomic mass is 10.2. The molecule has 1 amide bonds. The largest absolute Gasteiger partial charge is 0.380 e. The van der Waals surface area contributed by atoms with Crippen molar-refractivity contribution in [3.05, 3.63) is 0 Å². The van der Waals surface area contributed by atoms with Gasteiger partial charge in [-0.15, -0.1) is 0 Å². The van der Waals surface area contributed by atoms with E-state index >= 15 is 0 Å². The second-order valence-electron chi connectivity index (χ2n) is 5.28. The Morgan fingerprint density at radius 3 is 2.29 bits per heavy atom. The average Bonchev–Trinajstić information content (AvgIpc) is 2.24. The number of nitrogens with one attached hydrogen (secondary N) is 2. The van der Waals surface area contributed by atoms with E-state index in [-0.39, 0.29) is 11.9 Å². The first-order valence-corrected chi connectivity index (χ1v) is 6.52. The normalized spacial score (nSPS) is 13.1. The molecule has 17 heavy (non-hydrogen) atoms. The molecule has 4 heteroatoms. The van der Waals surface area contributed by atoms with E-state index < -0.39 is 0 Å². The maximum Gasteiger partial charge on any atom is 0.236 e. The molecule has 2 N–H and O–H groups in total. The van der Waals surface area contributed by atoms with Crippen LogP contribution in [-0.4, -0.2) is 38.3 Å².